The van der Waals surface area contributed by atoms with Crippen LogP contribution in [-0.2, 0) is 4.79 Å². The van der Waals surface area contributed by atoms with Crippen LogP contribution in [0.1, 0.15) is 38.5 Å². The number of nitrogens with zero attached hydrogens (tertiary/aromatic N) is 2. The van der Waals surface area contributed by atoms with E-state index in [1.54, 1.807) is 0 Å². The molecule has 0 radical (unpaired) electrons. The highest BCUT2D eigenvalue weighted by molar-refractivity contribution is 8.00. The molecule has 0 aromatic carbocycles. The van der Waals surface area contributed by atoms with Gasteiger partial charge in [-0.15, -0.1) is 0 Å². The molecule has 5 rings (SSSR count). The molecule has 4 aliphatic carbocycles. The smallest absolute Gasteiger partial charge is 0.301 e. The molecule has 1 aromatic rings. The molecule has 128 valence electrons. The second-order valence-corrected chi connectivity index (χ2v) is 8.58. The molecule has 0 saturated heterocycles. The monoisotopic (exact) mass is 347 g/mol. The number of amides is 1. The number of thioether (sulfide) groups is 1. The third kappa shape index (κ3) is 3.01. The van der Waals surface area contributed by atoms with Gasteiger partial charge in [-0.1, -0.05) is 11.8 Å². The molecular formula is C17H21N3O3S. The highest BCUT2D eigenvalue weighted by Crippen LogP contribution is 2.55. The van der Waals surface area contributed by atoms with E-state index in [-0.39, 0.29) is 22.9 Å². The lowest BCUT2D eigenvalue weighted by Crippen LogP contribution is -2.60. The topological polar surface area (TPSA) is 85.1 Å². The zero-order chi connectivity index (χ0) is 16.7. The molecule has 4 bridgehead atoms. The summed E-state index contributed by atoms with van der Waals surface area (Å²) in [5.41, 5.74) is -0.0484. The maximum absolute atomic E-state index is 12.5. The van der Waals surface area contributed by atoms with Crippen LogP contribution in [-0.4, -0.2) is 27.1 Å². The second kappa shape index (κ2) is 6.02. The number of rotatable bonds is 5. The quantitative estimate of drug-likeness (QED) is 0.502. The number of hydrogen-bond acceptors (Lipinski definition) is 5. The van der Waals surface area contributed by atoms with Gasteiger partial charge in [-0.2, -0.15) is 0 Å². The molecule has 4 aliphatic rings. The molecule has 1 N–H and O–H groups in total. The third-order valence-corrected chi connectivity index (χ3v) is 6.73. The van der Waals surface area contributed by atoms with Crippen LogP contribution >= 0.6 is 11.8 Å². The van der Waals surface area contributed by atoms with Crippen molar-refractivity contribution < 1.29 is 9.72 Å². The van der Waals surface area contributed by atoms with Gasteiger partial charge in [0.25, 0.3) is 0 Å². The highest BCUT2D eigenvalue weighted by Gasteiger charge is 2.51. The van der Waals surface area contributed by atoms with Crippen molar-refractivity contribution in [2.45, 2.75) is 49.1 Å². The predicted molar refractivity (Wildman–Crippen MR) is 90.7 cm³/mol. The summed E-state index contributed by atoms with van der Waals surface area (Å²) in [4.78, 5) is 27.1. The Bertz CT molecular complexity index is 644. The van der Waals surface area contributed by atoms with Crippen molar-refractivity contribution in [1.29, 1.82) is 0 Å². The van der Waals surface area contributed by atoms with Gasteiger partial charge in [0.2, 0.25) is 5.91 Å². The third-order valence-electron chi connectivity index (χ3n) is 5.73. The van der Waals surface area contributed by atoms with E-state index in [0.717, 1.165) is 48.8 Å². The number of carbonyl (C=O) groups is 1. The lowest BCUT2D eigenvalue weighted by atomic mass is 9.53. The first kappa shape index (κ1) is 15.9. The SMILES string of the molecule is O=C(CSc1ncccc1[N+](=O)[O-])NC12CC3CC(CC(C3)C1)C2. The van der Waals surface area contributed by atoms with Crippen molar-refractivity contribution in [3.63, 3.8) is 0 Å². The zero-order valence-electron chi connectivity index (χ0n) is 13.4. The normalized spacial score (nSPS) is 33.4. The average Bonchev–Trinajstić information content (AvgIpc) is 2.51. The van der Waals surface area contributed by atoms with Crippen LogP contribution in [0.2, 0.25) is 0 Å². The molecule has 0 aliphatic heterocycles. The maximum atomic E-state index is 12.5. The van der Waals surface area contributed by atoms with Crippen molar-refractivity contribution in [2.24, 2.45) is 17.8 Å². The number of nitrogens with one attached hydrogen (secondary N) is 1. The van der Waals surface area contributed by atoms with Gasteiger partial charge in [0.15, 0.2) is 5.03 Å². The van der Waals surface area contributed by atoms with E-state index in [1.807, 2.05) is 0 Å². The Morgan fingerprint density at radius 1 is 1.29 bits per heavy atom. The first-order valence-corrected chi connectivity index (χ1v) is 9.55. The first-order valence-electron chi connectivity index (χ1n) is 8.56. The lowest BCUT2D eigenvalue weighted by molar-refractivity contribution is -0.388. The van der Waals surface area contributed by atoms with Crippen molar-refractivity contribution in [3.05, 3.63) is 28.4 Å². The Kier molecular flexibility index (Phi) is 3.98. The predicted octanol–water partition coefficient (Wildman–Crippen LogP) is 3.17. The molecule has 24 heavy (non-hydrogen) atoms. The number of carbonyl (C=O) groups excluding carboxylic acids is 1. The van der Waals surface area contributed by atoms with Crippen molar-refractivity contribution in [2.75, 3.05) is 5.75 Å². The summed E-state index contributed by atoms with van der Waals surface area (Å²) in [7, 11) is 0. The van der Waals surface area contributed by atoms with Gasteiger partial charge in [-0.05, 0) is 62.3 Å². The molecular weight excluding hydrogens is 326 g/mol. The summed E-state index contributed by atoms with van der Waals surface area (Å²) in [5, 5.41) is 14.6. The van der Waals surface area contributed by atoms with E-state index in [0.29, 0.717) is 5.03 Å². The summed E-state index contributed by atoms with van der Waals surface area (Å²) >= 11 is 1.15. The summed E-state index contributed by atoms with van der Waals surface area (Å²) in [6.07, 6.45) is 8.86. The van der Waals surface area contributed by atoms with Crippen molar-refractivity contribution >= 4 is 23.4 Å². The van der Waals surface area contributed by atoms with Gasteiger partial charge in [-0.3, -0.25) is 14.9 Å². The largest absolute Gasteiger partial charge is 0.350 e. The summed E-state index contributed by atoms with van der Waals surface area (Å²) < 4.78 is 0. The van der Waals surface area contributed by atoms with E-state index in [4.69, 9.17) is 0 Å². The van der Waals surface area contributed by atoms with Crippen LogP contribution in [0.5, 0.6) is 0 Å². The molecule has 6 nitrogen and oxygen atoms in total. The fraction of sp³-hybridized carbons (Fsp3) is 0.647. The fourth-order valence-corrected chi connectivity index (χ4v) is 6.13. The van der Waals surface area contributed by atoms with Crippen LogP contribution in [0.4, 0.5) is 5.69 Å². The Balaban J connectivity index is 1.39. The zero-order valence-corrected chi connectivity index (χ0v) is 14.3. The van der Waals surface area contributed by atoms with Gasteiger partial charge in [0, 0.05) is 17.8 Å². The maximum Gasteiger partial charge on any atom is 0.301 e. The van der Waals surface area contributed by atoms with E-state index in [2.05, 4.69) is 10.3 Å². The average molecular weight is 347 g/mol. The molecule has 4 saturated carbocycles. The minimum Gasteiger partial charge on any atom is -0.350 e. The van der Waals surface area contributed by atoms with Crippen LogP contribution in [0.25, 0.3) is 0 Å². The van der Waals surface area contributed by atoms with Crippen molar-refractivity contribution in [1.82, 2.24) is 10.3 Å². The van der Waals surface area contributed by atoms with Gasteiger partial charge in [0.05, 0.1) is 10.7 Å². The summed E-state index contributed by atoms with van der Waals surface area (Å²) in [6, 6.07) is 2.96. The second-order valence-electron chi connectivity index (χ2n) is 7.62. The Morgan fingerprint density at radius 3 is 2.50 bits per heavy atom. The van der Waals surface area contributed by atoms with Gasteiger partial charge >= 0.3 is 5.69 Å². The number of aromatic nitrogens is 1. The summed E-state index contributed by atoms with van der Waals surface area (Å²) in [5.74, 6) is 2.49. The molecule has 1 aromatic heterocycles. The number of hydrogen-bond donors (Lipinski definition) is 1. The standard InChI is InChI=1S/C17H21N3O3S/c21-15(10-24-16-14(20(22)23)2-1-3-18-16)19-17-7-11-4-12(8-17)6-13(5-11)9-17/h1-3,11-13H,4-10H2,(H,19,21). The van der Waals surface area contributed by atoms with Crippen molar-refractivity contribution in [3.8, 4) is 0 Å². The van der Waals surface area contributed by atoms with E-state index in [9.17, 15) is 14.9 Å². The highest BCUT2D eigenvalue weighted by atomic mass is 32.2. The Morgan fingerprint density at radius 2 is 1.92 bits per heavy atom. The molecule has 0 spiro atoms. The van der Waals surface area contributed by atoms with E-state index in [1.165, 1.54) is 37.6 Å². The molecule has 4 fully saturated rings. The van der Waals surface area contributed by atoms with Crippen LogP contribution in [0.15, 0.2) is 23.4 Å². The minimum atomic E-state index is -0.452. The van der Waals surface area contributed by atoms with Crippen LogP contribution < -0.4 is 5.32 Å². The van der Waals surface area contributed by atoms with E-state index >= 15 is 0 Å². The lowest BCUT2D eigenvalue weighted by Gasteiger charge is -2.56. The summed E-state index contributed by atoms with van der Waals surface area (Å²) in [6.45, 7) is 0. The van der Waals surface area contributed by atoms with E-state index < -0.39 is 4.92 Å². The van der Waals surface area contributed by atoms with Crippen LogP contribution in [0.3, 0.4) is 0 Å². The Labute approximate surface area is 145 Å². The molecule has 0 unspecified atom stereocenters. The molecule has 0 atom stereocenters. The number of pyridine rings is 1. The fourth-order valence-electron chi connectivity index (χ4n) is 5.36. The Hall–Kier alpha value is -1.63. The molecule has 1 amide bonds. The first-order chi connectivity index (χ1) is 11.5. The molecule has 1 heterocycles. The van der Waals surface area contributed by atoms with Gasteiger partial charge in [0.1, 0.15) is 0 Å². The van der Waals surface area contributed by atoms with Gasteiger partial charge < -0.3 is 5.32 Å². The van der Waals surface area contributed by atoms with Gasteiger partial charge in [-0.25, -0.2) is 4.98 Å². The van der Waals surface area contributed by atoms with Crippen LogP contribution in [0, 0.1) is 27.9 Å². The molecule has 7 heteroatoms. The number of nitro groups is 1. The minimum absolute atomic E-state index is 0.0115.